The van der Waals surface area contributed by atoms with Crippen molar-refractivity contribution in [3.8, 4) is 0 Å². The topological polar surface area (TPSA) is 53.6 Å². The van der Waals surface area contributed by atoms with E-state index in [4.69, 9.17) is 0 Å². The number of anilines is 1. The molecule has 2 N–H and O–H groups in total. The van der Waals surface area contributed by atoms with E-state index in [-0.39, 0.29) is 0 Å². The molecule has 0 aromatic carbocycles. The van der Waals surface area contributed by atoms with Gasteiger partial charge < -0.3 is 10.3 Å². The zero-order valence-corrected chi connectivity index (χ0v) is 9.45. The van der Waals surface area contributed by atoms with Crippen LogP contribution in [-0.2, 0) is 6.42 Å². The van der Waals surface area contributed by atoms with E-state index in [1.54, 1.807) is 0 Å². The number of nitrogens with one attached hydrogen (secondary N) is 2. The normalized spacial score (nSPS) is 15.6. The summed E-state index contributed by atoms with van der Waals surface area (Å²) in [7, 11) is 0. The number of nitrogens with zero attached hydrogens (tertiary/aromatic N) is 2. The van der Waals surface area contributed by atoms with Crippen LogP contribution in [0, 0.1) is 5.92 Å². The predicted molar refractivity (Wildman–Crippen MR) is 64.5 cm³/mol. The molecule has 2 aromatic rings. The monoisotopic (exact) mass is 216 g/mol. The van der Waals surface area contributed by atoms with Crippen LogP contribution in [0.3, 0.4) is 0 Å². The lowest BCUT2D eigenvalue weighted by Gasteiger charge is -2.06. The molecule has 4 heteroatoms. The number of aromatic amines is 1. The van der Waals surface area contributed by atoms with Gasteiger partial charge in [-0.05, 0) is 31.7 Å². The summed E-state index contributed by atoms with van der Waals surface area (Å²) in [5.74, 6) is 2.75. The summed E-state index contributed by atoms with van der Waals surface area (Å²) in [6.07, 6.45) is 5.61. The van der Waals surface area contributed by atoms with Gasteiger partial charge in [0.25, 0.3) is 0 Å². The summed E-state index contributed by atoms with van der Waals surface area (Å²) < 4.78 is 0. The number of rotatable bonds is 4. The molecular weight excluding hydrogens is 200 g/mol. The highest BCUT2D eigenvalue weighted by Crippen LogP contribution is 2.32. The van der Waals surface area contributed by atoms with Crippen molar-refractivity contribution < 1.29 is 0 Å². The maximum absolute atomic E-state index is 4.60. The molecule has 0 atom stereocenters. The van der Waals surface area contributed by atoms with Crippen LogP contribution in [0.5, 0.6) is 0 Å². The second kappa shape index (κ2) is 3.77. The van der Waals surface area contributed by atoms with Gasteiger partial charge in [0.2, 0.25) is 0 Å². The van der Waals surface area contributed by atoms with Gasteiger partial charge in [0.1, 0.15) is 17.3 Å². The molecule has 1 saturated carbocycles. The van der Waals surface area contributed by atoms with Crippen molar-refractivity contribution in [2.75, 3.05) is 11.9 Å². The van der Waals surface area contributed by atoms with E-state index < -0.39 is 0 Å². The molecule has 0 aliphatic heterocycles. The highest BCUT2D eigenvalue weighted by Gasteiger charge is 2.23. The third-order valence-electron chi connectivity index (χ3n) is 2.97. The smallest absolute Gasteiger partial charge is 0.143 e. The van der Waals surface area contributed by atoms with Crippen LogP contribution in [0.15, 0.2) is 12.3 Å². The summed E-state index contributed by atoms with van der Waals surface area (Å²) in [6, 6.07) is 2.02. The quantitative estimate of drug-likeness (QED) is 0.824. The molecular formula is C12H16N4. The van der Waals surface area contributed by atoms with Gasteiger partial charge in [-0.3, -0.25) is 0 Å². The van der Waals surface area contributed by atoms with Gasteiger partial charge in [-0.15, -0.1) is 0 Å². The van der Waals surface area contributed by atoms with E-state index in [0.29, 0.717) is 0 Å². The predicted octanol–water partition coefficient (Wildman–Crippen LogP) is 2.34. The number of fused-ring (bicyclic) bond motifs is 1. The average Bonchev–Trinajstić information content (AvgIpc) is 2.95. The van der Waals surface area contributed by atoms with E-state index in [1.807, 2.05) is 12.3 Å². The minimum Gasteiger partial charge on any atom is -0.370 e. The number of hydrogen-bond donors (Lipinski definition) is 2. The third-order valence-corrected chi connectivity index (χ3v) is 2.97. The minimum absolute atomic E-state index is 0.821. The number of H-pyrrole nitrogens is 1. The van der Waals surface area contributed by atoms with E-state index in [9.17, 15) is 0 Å². The second-order valence-electron chi connectivity index (χ2n) is 4.41. The SMILES string of the molecule is CCNc1nc(CC2CC2)nc2[nH]ccc12. The molecule has 3 rings (SSSR count). The first-order valence-corrected chi connectivity index (χ1v) is 5.94. The zero-order chi connectivity index (χ0) is 11.0. The van der Waals surface area contributed by atoms with Crippen LogP contribution in [0.2, 0.25) is 0 Å². The summed E-state index contributed by atoms with van der Waals surface area (Å²) in [4.78, 5) is 12.3. The first-order valence-electron chi connectivity index (χ1n) is 5.94. The van der Waals surface area contributed by atoms with E-state index in [0.717, 1.165) is 41.6 Å². The Bertz CT molecular complexity index is 499. The second-order valence-corrected chi connectivity index (χ2v) is 4.41. The van der Waals surface area contributed by atoms with Crippen molar-refractivity contribution in [1.82, 2.24) is 15.0 Å². The Balaban J connectivity index is 2.01. The Hall–Kier alpha value is -1.58. The molecule has 0 radical (unpaired) electrons. The molecule has 4 nitrogen and oxygen atoms in total. The summed E-state index contributed by atoms with van der Waals surface area (Å²) in [5, 5.41) is 4.38. The first-order chi connectivity index (χ1) is 7.86. The first kappa shape index (κ1) is 9.63. The number of hydrogen-bond acceptors (Lipinski definition) is 3. The lowest BCUT2D eigenvalue weighted by molar-refractivity contribution is 0.775. The fraction of sp³-hybridized carbons (Fsp3) is 0.500. The van der Waals surface area contributed by atoms with Crippen LogP contribution in [0.25, 0.3) is 11.0 Å². The van der Waals surface area contributed by atoms with Crippen molar-refractivity contribution in [2.24, 2.45) is 5.92 Å². The Labute approximate surface area is 94.5 Å². The van der Waals surface area contributed by atoms with Gasteiger partial charge in [-0.2, -0.15) is 0 Å². The molecule has 1 fully saturated rings. The van der Waals surface area contributed by atoms with Crippen molar-refractivity contribution in [3.63, 3.8) is 0 Å². The van der Waals surface area contributed by atoms with Crippen LogP contribution in [0.4, 0.5) is 5.82 Å². The molecule has 16 heavy (non-hydrogen) atoms. The summed E-state index contributed by atoms with van der Waals surface area (Å²) in [5.41, 5.74) is 0.946. The molecule has 84 valence electrons. The highest BCUT2D eigenvalue weighted by atomic mass is 15.0. The number of aromatic nitrogens is 3. The summed E-state index contributed by atoms with van der Waals surface area (Å²) in [6.45, 7) is 2.97. The molecule has 0 bridgehead atoms. The Morgan fingerprint density at radius 1 is 1.44 bits per heavy atom. The lowest BCUT2D eigenvalue weighted by atomic mass is 10.2. The van der Waals surface area contributed by atoms with Crippen LogP contribution in [0.1, 0.15) is 25.6 Å². The Kier molecular flexibility index (Phi) is 2.27. The van der Waals surface area contributed by atoms with Gasteiger partial charge in [0, 0.05) is 19.2 Å². The Morgan fingerprint density at radius 2 is 2.31 bits per heavy atom. The lowest BCUT2D eigenvalue weighted by Crippen LogP contribution is -2.04. The maximum Gasteiger partial charge on any atom is 0.143 e. The highest BCUT2D eigenvalue weighted by molar-refractivity contribution is 5.86. The van der Waals surface area contributed by atoms with Crippen molar-refractivity contribution in [3.05, 3.63) is 18.1 Å². The van der Waals surface area contributed by atoms with Gasteiger partial charge >= 0.3 is 0 Å². The fourth-order valence-electron chi connectivity index (χ4n) is 1.96. The van der Waals surface area contributed by atoms with Crippen LogP contribution >= 0.6 is 0 Å². The molecule has 2 heterocycles. The van der Waals surface area contributed by atoms with Crippen molar-refractivity contribution in [2.45, 2.75) is 26.2 Å². The minimum atomic E-state index is 0.821. The maximum atomic E-state index is 4.60. The fourth-order valence-corrected chi connectivity index (χ4v) is 1.96. The van der Waals surface area contributed by atoms with Gasteiger partial charge in [-0.1, -0.05) is 0 Å². The van der Waals surface area contributed by atoms with Gasteiger partial charge in [0.15, 0.2) is 0 Å². The molecule has 0 saturated heterocycles. The van der Waals surface area contributed by atoms with Crippen molar-refractivity contribution >= 4 is 16.9 Å². The van der Waals surface area contributed by atoms with Gasteiger partial charge in [-0.25, -0.2) is 9.97 Å². The van der Waals surface area contributed by atoms with E-state index in [1.165, 1.54) is 12.8 Å². The van der Waals surface area contributed by atoms with Gasteiger partial charge in [0.05, 0.1) is 5.39 Å². The van der Waals surface area contributed by atoms with Crippen LogP contribution < -0.4 is 5.32 Å². The van der Waals surface area contributed by atoms with Crippen LogP contribution in [-0.4, -0.2) is 21.5 Å². The zero-order valence-electron chi connectivity index (χ0n) is 9.45. The average molecular weight is 216 g/mol. The molecule has 2 aromatic heterocycles. The summed E-state index contributed by atoms with van der Waals surface area (Å²) >= 11 is 0. The molecule has 0 spiro atoms. The molecule has 1 aliphatic rings. The van der Waals surface area contributed by atoms with E-state index >= 15 is 0 Å². The van der Waals surface area contributed by atoms with Crippen molar-refractivity contribution in [1.29, 1.82) is 0 Å². The standard InChI is InChI=1S/C12H16N4/c1-2-13-11-9-5-6-14-12(9)16-10(15-11)7-8-3-4-8/h5-6,8H,2-4,7H2,1H3,(H2,13,14,15,16). The molecule has 0 unspecified atom stereocenters. The Morgan fingerprint density at radius 3 is 3.06 bits per heavy atom. The molecule has 1 aliphatic carbocycles. The molecule has 0 amide bonds. The van der Waals surface area contributed by atoms with E-state index in [2.05, 4.69) is 27.2 Å². The third kappa shape index (κ3) is 1.75. The largest absolute Gasteiger partial charge is 0.370 e.